The number of hydrogen-bond donors (Lipinski definition) is 0. The monoisotopic (exact) mass is 135 g/mol. The van der Waals surface area contributed by atoms with Crippen molar-refractivity contribution < 1.29 is 4.52 Å². The van der Waals surface area contributed by atoms with Gasteiger partial charge in [0.2, 0.25) is 0 Å². The van der Waals surface area contributed by atoms with Gasteiger partial charge in [0.1, 0.15) is 0 Å². The van der Waals surface area contributed by atoms with Crippen molar-refractivity contribution in [3.05, 3.63) is 29.0 Å². The Labute approximate surface area is 59.2 Å². The van der Waals surface area contributed by atoms with Crippen LogP contribution in [0, 0.1) is 0 Å². The van der Waals surface area contributed by atoms with E-state index in [2.05, 4.69) is 18.3 Å². The van der Waals surface area contributed by atoms with Gasteiger partial charge in [0.25, 0.3) is 0 Å². The largest absolute Gasteiger partial charge is 0.357 e. The van der Waals surface area contributed by atoms with Crippen LogP contribution in [0.25, 0.3) is 12.7 Å². The van der Waals surface area contributed by atoms with Crippen LogP contribution in [0.2, 0.25) is 0 Å². The molecular formula is C8H9NO. The van der Waals surface area contributed by atoms with Crippen molar-refractivity contribution in [3.8, 4) is 0 Å². The van der Waals surface area contributed by atoms with E-state index in [-0.39, 0.29) is 0 Å². The van der Waals surface area contributed by atoms with E-state index >= 15 is 0 Å². The van der Waals surface area contributed by atoms with Gasteiger partial charge in [0, 0.05) is 5.22 Å². The van der Waals surface area contributed by atoms with E-state index in [1.807, 2.05) is 13.0 Å². The molecular weight excluding hydrogens is 126 g/mol. The quantitative estimate of drug-likeness (QED) is 0.558. The van der Waals surface area contributed by atoms with Gasteiger partial charge in [0.15, 0.2) is 5.42 Å². The minimum Gasteiger partial charge on any atom is -0.357 e. The molecule has 0 saturated heterocycles. The summed E-state index contributed by atoms with van der Waals surface area (Å²) in [6, 6.07) is 0. The molecule has 0 unspecified atom stereocenters. The molecule has 2 heteroatoms. The van der Waals surface area contributed by atoms with Gasteiger partial charge >= 0.3 is 0 Å². The number of hydrogen-bond acceptors (Lipinski definition) is 2. The highest BCUT2D eigenvalue weighted by atomic mass is 16.5. The van der Waals surface area contributed by atoms with Crippen LogP contribution in [0.5, 0.6) is 0 Å². The second-order valence-corrected chi connectivity index (χ2v) is 2.20. The van der Waals surface area contributed by atoms with Crippen molar-refractivity contribution >= 4 is 12.7 Å². The Morgan fingerprint density at radius 3 is 2.90 bits per heavy atom. The Kier molecular flexibility index (Phi) is 1.71. The Bertz CT molecular complexity index is 334. The Balaban J connectivity index is 3.29. The third kappa shape index (κ3) is 1.35. The van der Waals surface area contributed by atoms with Crippen LogP contribution in [0.15, 0.2) is 22.9 Å². The molecule has 0 aliphatic heterocycles. The average Bonchev–Trinajstić information content (AvgIpc) is 2.15. The Morgan fingerprint density at radius 1 is 1.80 bits per heavy atom. The molecule has 10 heavy (non-hydrogen) atoms. The zero-order valence-electron chi connectivity index (χ0n) is 5.92. The summed E-state index contributed by atoms with van der Waals surface area (Å²) < 4.78 is 4.73. The van der Waals surface area contributed by atoms with Gasteiger partial charge in [-0.15, -0.1) is 0 Å². The summed E-state index contributed by atoms with van der Waals surface area (Å²) in [5, 5.41) is 4.46. The summed E-state index contributed by atoms with van der Waals surface area (Å²) in [5.41, 5.74) is 1.55. The number of rotatable bonds is 1. The zero-order valence-corrected chi connectivity index (χ0v) is 5.92. The fraction of sp³-hybridized carbons (Fsp3) is 0.125. The molecule has 0 spiro atoms. The lowest BCUT2D eigenvalue weighted by Crippen LogP contribution is -2.16. The molecule has 0 bridgehead atoms. The first-order valence-corrected chi connectivity index (χ1v) is 2.97. The first-order valence-electron chi connectivity index (χ1n) is 2.97. The molecule has 0 aliphatic rings. The second-order valence-electron chi connectivity index (χ2n) is 2.20. The molecule has 1 aromatic heterocycles. The normalized spacial score (nSPS) is 11.9. The van der Waals surface area contributed by atoms with Crippen molar-refractivity contribution in [2.45, 2.75) is 6.92 Å². The van der Waals surface area contributed by atoms with E-state index in [0.717, 1.165) is 10.8 Å². The van der Waals surface area contributed by atoms with Gasteiger partial charge in [-0.3, -0.25) is 0 Å². The van der Waals surface area contributed by atoms with Crippen LogP contribution < -0.4 is 10.6 Å². The average molecular weight is 135 g/mol. The van der Waals surface area contributed by atoms with Gasteiger partial charge in [0.05, 0.1) is 6.20 Å². The fourth-order valence-corrected chi connectivity index (χ4v) is 0.655. The van der Waals surface area contributed by atoms with E-state index in [0.29, 0.717) is 5.42 Å². The molecule has 0 amide bonds. The molecule has 2 nitrogen and oxygen atoms in total. The van der Waals surface area contributed by atoms with Crippen LogP contribution in [0.3, 0.4) is 0 Å². The van der Waals surface area contributed by atoms with Crippen molar-refractivity contribution in [1.82, 2.24) is 5.16 Å². The fourth-order valence-electron chi connectivity index (χ4n) is 0.655. The van der Waals surface area contributed by atoms with Crippen LogP contribution in [0.1, 0.15) is 6.92 Å². The molecule has 0 radical (unpaired) electrons. The van der Waals surface area contributed by atoms with E-state index in [9.17, 15) is 0 Å². The highest BCUT2D eigenvalue weighted by Gasteiger charge is 1.84. The number of aromatic nitrogens is 1. The highest BCUT2D eigenvalue weighted by molar-refractivity contribution is 5.42. The van der Waals surface area contributed by atoms with Crippen molar-refractivity contribution in [2.24, 2.45) is 0 Å². The minimum absolute atomic E-state index is 0.586. The van der Waals surface area contributed by atoms with Crippen LogP contribution in [0.4, 0.5) is 0 Å². The van der Waals surface area contributed by atoms with Crippen molar-refractivity contribution in [1.29, 1.82) is 0 Å². The maximum atomic E-state index is 4.73. The van der Waals surface area contributed by atoms with E-state index in [1.165, 1.54) is 0 Å². The zero-order chi connectivity index (χ0) is 7.56. The maximum Gasteiger partial charge on any atom is 0.159 e. The number of nitrogens with zero attached hydrogens (tertiary/aromatic N) is 1. The first-order chi connectivity index (χ1) is 4.70. The van der Waals surface area contributed by atoms with Gasteiger partial charge in [-0.05, 0) is 13.0 Å². The van der Waals surface area contributed by atoms with Crippen molar-refractivity contribution in [2.75, 3.05) is 0 Å². The topological polar surface area (TPSA) is 26.0 Å². The molecule has 0 fully saturated rings. The summed E-state index contributed by atoms with van der Waals surface area (Å²) >= 11 is 0. The standard InChI is InChI=1S/C8H9NO/c1-6(2)4-8-5-9-10-7(8)3/h4-5H,1,3H2,2H3/b8-4-. The van der Waals surface area contributed by atoms with E-state index in [1.54, 1.807) is 6.20 Å². The summed E-state index contributed by atoms with van der Waals surface area (Å²) in [7, 11) is 0. The van der Waals surface area contributed by atoms with Crippen LogP contribution in [-0.2, 0) is 0 Å². The lowest BCUT2D eigenvalue weighted by molar-refractivity contribution is 0.395. The third-order valence-electron chi connectivity index (χ3n) is 1.08. The van der Waals surface area contributed by atoms with E-state index < -0.39 is 0 Å². The predicted molar refractivity (Wildman–Crippen MR) is 40.6 cm³/mol. The minimum atomic E-state index is 0.586. The summed E-state index contributed by atoms with van der Waals surface area (Å²) in [6.07, 6.45) is 3.50. The van der Waals surface area contributed by atoms with Gasteiger partial charge in [-0.25, -0.2) is 0 Å². The lowest BCUT2D eigenvalue weighted by atomic mass is 10.3. The number of allylic oxidation sites excluding steroid dienone is 1. The Hall–Kier alpha value is -1.31. The summed E-state index contributed by atoms with van der Waals surface area (Å²) in [4.78, 5) is 0. The third-order valence-corrected chi connectivity index (χ3v) is 1.08. The molecule has 1 heterocycles. The maximum absolute atomic E-state index is 4.73. The summed E-state index contributed by atoms with van der Waals surface area (Å²) in [6.45, 7) is 9.26. The summed E-state index contributed by atoms with van der Waals surface area (Å²) in [5.74, 6) is 0. The second kappa shape index (κ2) is 2.52. The molecule has 0 aliphatic carbocycles. The lowest BCUT2D eigenvalue weighted by Gasteiger charge is -1.78. The van der Waals surface area contributed by atoms with Crippen molar-refractivity contribution in [3.63, 3.8) is 0 Å². The van der Waals surface area contributed by atoms with Gasteiger partial charge in [-0.2, -0.15) is 0 Å². The first kappa shape index (κ1) is 6.81. The molecule has 1 aromatic rings. The van der Waals surface area contributed by atoms with Gasteiger partial charge in [-0.1, -0.05) is 23.9 Å². The molecule has 0 saturated carbocycles. The smallest absolute Gasteiger partial charge is 0.159 e. The highest BCUT2D eigenvalue weighted by Crippen LogP contribution is 1.84. The molecule has 0 N–H and O–H groups in total. The molecule has 0 aromatic carbocycles. The van der Waals surface area contributed by atoms with Crippen LogP contribution >= 0.6 is 0 Å². The van der Waals surface area contributed by atoms with Gasteiger partial charge < -0.3 is 4.52 Å². The predicted octanol–water partition coefficient (Wildman–Crippen LogP) is 0.441. The SMILES string of the molecule is C=C(C)/C=c1/cnoc1=C. The Morgan fingerprint density at radius 2 is 2.50 bits per heavy atom. The molecule has 1 rings (SSSR count). The molecule has 52 valence electrons. The molecule has 0 atom stereocenters. The van der Waals surface area contributed by atoms with E-state index in [4.69, 9.17) is 4.52 Å². The van der Waals surface area contributed by atoms with Crippen LogP contribution in [-0.4, -0.2) is 5.16 Å².